The first-order valence-corrected chi connectivity index (χ1v) is 47.6. The number of benzene rings is 15. The van der Waals surface area contributed by atoms with Crippen LogP contribution in [0.3, 0.4) is 0 Å². The number of imidazole rings is 5. The minimum atomic E-state index is 0.479. The van der Waals surface area contributed by atoms with Crippen LogP contribution >= 0.6 is 0 Å². The highest BCUT2D eigenvalue weighted by Gasteiger charge is 2.22. The summed E-state index contributed by atoms with van der Waals surface area (Å²) in [6.45, 7) is 24.6. The van der Waals surface area contributed by atoms with Crippen LogP contribution in [0.5, 0.6) is 11.5 Å². The lowest BCUT2D eigenvalue weighted by Gasteiger charge is -2.09. The first kappa shape index (κ1) is 93.3. The molecule has 15 aromatic carbocycles. The van der Waals surface area contributed by atoms with Gasteiger partial charge in [0.15, 0.2) is 0 Å². The standard InChI is InChI=1S/C25H22N4O2.C24H20N4O2.C24H20N4O.2C23H18N4O/c1-14-5-10-20-21(11-14)27-23(26-20)17-6-8-18(9-7-17)24-28-25(31-29-24)19-12-15(2)22(30-4)16(3)13-19;1-14-4-10-19-20(12-14)26-22(25-19)16-5-7-17(8-6-16)23-27-24(30-28-23)18-9-11-21(29-3)15(2)13-18;1-14-4-9-20-21(13-14)26-22(25-20)17-5-7-18(8-6-17)23-27-24(29-28-23)19-11-15(2)10-16(3)12-19;2*1-14-3-6-18(7-4-14)23-26-22(27-28-23)17-10-8-16(9-11-17)21-24-19-12-5-15(2)13-20(19)25-21/h5-13H,1-4H3,(H,26,27);4-13H,1-3H3,(H,25,26);4-13H,1-3H3,(H,25,26);2*3-13H,1-2H3,(H,24,25). The molecule has 25 rings (SSSR count). The Morgan fingerprint density at radius 2 is 0.397 bits per heavy atom. The van der Waals surface area contributed by atoms with Crippen LogP contribution in [0.4, 0.5) is 0 Å². The van der Waals surface area contributed by atoms with Crippen LogP contribution < -0.4 is 9.47 Å². The molecule has 0 fully saturated rings. The van der Waals surface area contributed by atoms with Crippen molar-refractivity contribution in [2.24, 2.45) is 0 Å². The molecule has 10 aromatic heterocycles. The molecule has 27 heteroatoms. The molecule has 0 amide bonds. The highest BCUT2D eigenvalue weighted by atomic mass is 16.5. The molecule has 0 bridgehead atoms. The van der Waals surface area contributed by atoms with E-state index in [0.29, 0.717) is 58.6 Å². The average Bonchev–Trinajstić information content (AvgIpc) is 1.63. The number of hydrogen-bond donors (Lipinski definition) is 5. The molecule has 5 N–H and O–H groups in total. The molecule has 0 unspecified atom stereocenters. The zero-order valence-electron chi connectivity index (χ0n) is 82.5. The third kappa shape index (κ3) is 20.5. The summed E-state index contributed by atoms with van der Waals surface area (Å²) < 4.78 is 38.1. The van der Waals surface area contributed by atoms with E-state index < -0.39 is 0 Å². The Bertz CT molecular complexity index is 8780. The topological polar surface area (TPSA) is 356 Å². The summed E-state index contributed by atoms with van der Waals surface area (Å²) in [5.74, 6) is 11.3. The van der Waals surface area contributed by atoms with E-state index in [1.165, 1.54) is 50.1 Å². The number of nitrogens with one attached hydrogen (secondary N) is 5. The van der Waals surface area contributed by atoms with Gasteiger partial charge in [-0.3, -0.25) is 0 Å². The van der Waals surface area contributed by atoms with E-state index in [2.05, 4.69) is 228 Å². The monoisotopic (exact) mass is 1920 g/mol. The summed E-state index contributed by atoms with van der Waals surface area (Å²) in [6, 6.07) is 103. The van der Waals surface area contributed by atoms with Gasteiger partial charge in [0, 0.05) is 83.5 Å². The lowest BCUT2D eigenvalue weighted by Crippen LogP contribution is -1.92. The smallest absolute Gasteiger partial charge is 0.258 e. The van der Waals surface area contributed by atoms with Crippen molar-refractivity contribution in [3.63, 3.8) is 0 Å². The Balaban J connectivity index is 0.000000107. The van der Waals surface area contributed by atoms with Crippen LogP contribution in [-0.4, -0.2) is 115 Å². The van der Waals surface area contributed by atoms with Crippen molar-refractivity contribution in [3.05, 3.63) is 376 Å². The molecule has 0 aliphatic heterocycles. The maximum absolute atomic E-state index is 5.53. The Morgan fingerprint density at radius 1 is 0.178 bits per heavy atom. The molecule has 146 heavy (non-hydrogen) atoms. The minimum absolute atomic E-state index is 0.479. The molecular formula is C119H98N20O7. The summed E-state index contributed by atoms with van der Waals surface area (Å²) in [4.78, 5) is 63.1. The molecular weight excluding hydrogens is 1820 g/mol. The zero-order valence-corrected chi connectivity index (χ0v) is 82.5. The first-order chi connectivity index (χ1) is 71.0. The van der Waals surface area contributed by atoms with Gasteiger partial charge in [-0.05, 0) is 255 Å². The van der Waals surface area contributed by atoms with E-state index in [1.807, 2.05) is 265 Å². The van der Waals surface area contributed by atoms with Gasteiger partial charge < -0.3 is 57.0 Å². The van der Waals surface area contributed by atoms with E-state index in [-0.39, 0.29) is 0 Å². The molecule has 0 spiro atoms. The third-order valence-electron chi connectivity index (χ3n) is 25.0. The highest BCUT2D eigenvalue weighted by molar-refractivity contribution is 5.86. The van der Waals surface area contributed by atoms with Crippen LogP contribution in [0.15, 0.2) is 332 Å². The predicted octanol–water partition coefficient (Wildman–Crippen LogP) is 28.5. The number of nitrogens with zero attached hydrogens (tertiary/aromatic N) is 15. The third-order valence-corrected chi connectivity index (χ3v) is 25.0. The SMILES string of the molecule is COc1c(C)cc(-c2nc(-c3ccc(-c4nc5ccc(C)cc5[nH]4)cc3)no2)cc1C.COc1ccc(-c2nc(-c3ccc(-c4nc5ccc(C)cc5[nH]4)cc3)no2)cc1C.Cc1cc(C)cc(-c2nc(-c3ccc(-c4nc5ccc(C)cc5[nH]4)cc3)no2)c1.Cc1ccc(-c2nc(-c3ccc(-c4nc5ccc(C)cc5[nH]4)cc3)no2)cc1.Cc1ccc(-c2nc(-c3ccc(-c4nc5ccc(C)cc5[nH]4)cc3)no2)cc1. The molecule has 0 aliphatic carbocycles. The normalized spacial score (nSPS) is 11.2. The number of aromatic amines is 5. The summed E-state index contributed by atoms with van der Waals surface area (Å²) in [5, 5.41) is 20.7. The van der Waals surface area contributed by atoms with Gasteiger partial charge in [-0.15, -0.1) is 0 Å². The molecule has 0 aliphatic rings. The van der Waals surface area contributed by atoms with Crippen LogP contribution in [0, 0.1) is 83.1 Å². The van der Waals surface area contributed by atoms with Gasteiger partial charge in [0.05, 0.1) is 69.4 Å². The first-order valence-electron chi connectivity index (χ1n) is 47.6. The van der Waals surface area contributed by atoms with Crippen molar-refractivity contribution in [1.82, 2.24) is 101 Å². The van der Waals surface area contributed by atoms with Crippen molar-refractivity contribution in [2.75, 3.05) is 14.2 Å². The molecule has 0 saturated carbocycles. The number of ether oxygens (including phenoxy) is 2. The number of aromatic nitrogens is 20. The molecule has 716 valence electrons. The van der Waals surface area contributed by atoms with Crippen molar-refractivity contribution < 1.29 is 32.1 Å². The largest absolute Gasteiger partial charge is 0.496 e. The second-order valence-corrected chi connectivity index (χ2v) is 36.5. The number of fused-ring (bicyclic) bond motifs is 5. The molecule has 25 aromatic rings. The maximum Gasteiger partial charge on any atom is 0.258 e. The molecule has 10 heterocycles. The second kappa shape index (κ2) is 40.3. The quantitative estimate of drug-likeness (QED) is 0.0565. The van der Waals surface area contributed by atoms with E-state index >= 15 is 0 Å². The second-order valence-electron chi connectivity index (χ2n) is 36.5. The van der Waals surface area contributed by atoms with Gasteiger partial charge in [-0.25, -0.2) is 24.9 Å². The summed E-state index contributed by atoms with van der Waals surface area (Å²) in [7, 11) is 3.33. The van der Waals surface area contributed by atoms with Crippen LogP contribution in [0.1, 0.15) is 66.8 Å². The van der Waals surface area contributed by atoms with Gasteiger partial charge in [-0.2, -0.15) is 24.9 Å². The Labute approximate surface area is 838 Å². The fourth-order valence-electron chi connectivity index (χ4n) is 17.4. The number of H-pyrrole nitrogens is 5. The van der Waals surface area contributed by atoms with Gasteiger partial charge in [0.2, 0.25) is 29.1 Å². The Kier molecular flexibility index (Phi) is 25.7. The van der Waals surface area contributed by atoms with Gasteiger partial charge in [0.25, 0.3) is 29.5 Å². The fraction of sp³-hybridized carbons (Fsp3) is 0.118. The Hall–Kier alpha value is -19.1. The molecule has 0 saturated heterocycles. The zero-order chi connectivity index (χ0) is 100. The van der Waals surface area contributed by atoms with Crippen molar-refractivity contribution in [3.8, 4) is 183 Å². The predicted molar refractivity (Wildman–Crippen MR) is 571 cm³/mol. The highest BCUT2D eigenvalue weighted by Crippen LogP contribution is 2.38. The fourth-order valence-corrected chi connectivity index (χ4v) is 17.4. The summed E-state index contributed by atoms with van der Waals surface area (Å²) >= 11 is 0. The minimum Gasteiger partial charge on any atom is -0.496 e. The lowest BCUT2D eigenvalue weighted by atomic mass is 10.1. The van der Waals surface area contributed by atoms with Crippen LogP contribution in [0.25, 0.3) is 226 Å². The lowest BCUT2D eigenvalue weighted by molar-refractivity contribution is 0.408. The van der Waals surface area contributed by atoms with Crippen LogP contribution in [0.2, 0.25) is 0 Å². The molecule has 0 radical (unpaired) electrons. The number of aryl methyl sites for hydroxylation is 12. The maximum atomic E-state index is 5.53. The van der Waals surface area contributed by atoms with Crippen molar-refractivity contribution in [2.45, 2.75) is 83.1 Å². The van der Waals surface area contributed by atoms with Gasteiger partial charge in [0.1, 0.15) is 40.6 Å². The van der Waals surface area contributed by atoms with E-state index in [0.717, 1.165) is 196 Å². The van der Waals surface area contributed by atoms with E-state index in [1.54, 1.807) is 14.2 Å². The van der Waals surface area contributed by atoms with E-state index in [9.17, 15) is 0 Å². The average molecular weight is 1920 g/mol. The van der Waals surface area contributed by atoms with Crippen molar-refractivity contribution in [1.29, 1.82) is 0 Å². The Morgan fingerprint density at radius 3 is 0.651 bits per heavy atom. The van der Waals surface area contributed by atoms with Crippen LogP contribution in [-0.2, 0) is 0 Å². The summed E-state index contributed by atoms with van der Waals surface area (Å²) in [5.41, 5.74) is 37.9. The number of hydrogen-bond acceptors (Lipinski definition) is 22. The van der Waals surface area contributed by atoms with Gasteiger partial charge in [-0.1, -0.05) is 230 Å². The number of methoxy groups -OCH3 is 2. The van der Waals surface area contributed by atoms with Gasteiger partial charge >= 0.3 is 0 Å². The summed E-state index contributed by atoms with van der Waals surface area (Å²) in [6.07, 6.45) is 0. The number of rotatable bonds is 17. The van der Waals surface area contributed by atoms with E-state index in [4.69, 9.17) is 32.1 Å². The molecule has 27 nitrogen and oxygen atoms in total. The van der Waals surface area contributed by atoms with Crippen molar-refractivity contribution >= 4 is 55.2 Å². The molecule has 0 atom stereocenters.